The molecule has 0 unspecified atom stereocenters. The van der Waals surface area contributed by atoms with Gasteiger partial charge in [-0.3, -0.25) is 4.79 Å². The maximum atomic E-state index is 13.2. The number of aromatic amines is 1. The van der Waals surface area contributed by atoms with E-state index in [2.05, 4.69) is 40.4 Å². The van der Waals surface area contributed by atoms with Crippen LogP contribution in [0.5, 0.6) is 0 Å². The Hall–Kier alpha value is -2.58. The summed E-state index contributed by atoms with van der Waals surface area (Å²) in [7, 11) is 1.66. The van der Waals surface area contributed by atoms with E-state index in [0.717, 1.165) is 48.2 Å². The summed E-state index contributed by atoms with van der Waals surface area (Å²) in [5.74, 6) is 0.729. The lowest BCUT2D eigenvalue weighted by Gasteiger charge is -2.30. The molecule has 29 heavy (non-hydrogen) atoms. The van der Waals surface area contributed by atoms with Gasteiger partial charge in [-0.15, -0.1) is 5.10 Å². The van der Waals surface area contributed by atoms with E-state index < -0.39 is 0 Å². The minimum absolute atomic E-state index is 0.0647. The summed E-state index contributed by atoms with van der Waals surface area (Å²) in [6.45, 7) is 7.25. The molecule has 1 aliphatic rings. The van der Waals surface area contributed by atoms with Crippen molar-refractivity contribution in [2.24, 2.45) is 0 Å². The maximum absolute atomic E-state index is 13.2. The van der Waals surface area contributed by atoms with E-state index in [0.29, 0.717) is 13.2 Å². The van der Waals surface area contributed by atoms with Gasteiger partial charge in [0.05, 0.1) is 31.8 Å². The van der Waals surface area contributed by atoms with Gasteiger partial charge in [0.1, 0.15) is 0 Å². The highest BCUT2D eigenvalue weighted by atomic mass is 16.5. The van der Waals surface area contributed by atoms with Gasteiger partial charge in [-0.25, -0.2) is 4.68 Å². The molecule has 8 nitrogen and oxygen atoms in total. The molecular formula is C21H29N6O2+. The summed E-state index contributed by atoms with van der Waals surface area (Å²) >= 11 is 0. The standard InChI is InChI=1S/C21H28N6O2/c1-14-11-16-13-17(21(28)22-18(16)12-15(14)2)19(26-7-5-4-6-8-26)20-23-24-25-27(20)9-10-29-3/h11-13,19H,4-10H2,1-3H3,(H,22,28)/p+1/t19-/m0/s1. The Kier molecular flexibility index (Phi) is 5.73. The van der Waals surface area contributed by atoms with Crippen molar-refractivity contribution in [1.82, 2.24) is 25.2 Å². The Morgan fingerprint density at radius 1 is 1.17 bits per heavy atom. The molecule has 3 heterocycles. The average Bonchev–Trinajstić information content (AvgIpc) is 3.17. The van der Waals surface area contributed by atoms with Crippen molar-refractivity contribution in [2.45, 2.75) is 45.7 Å². The number of fused-ring (bicyclic) bond motifs is 1. The lowest BCUT2D eigenvalue weighted by Crippen LogP contribution is -3.13. The number of pyridine rings is 1. The van der Waals surface area contributed by atoms with Gasteiger partial charge in [0.25, 0.3) is 5.56 Å². The summed E-state index contributed by atoms with van der Waals surface area (Å²) in [6, 6.07) is 6.02. The number of aryl methyl sites for hydroxylation is 2. The number of aromatic nitrogens is 5. The molecule has 0 saturated carbocycles. The van der Waals surface area contributed by atoms with Crippen molar-refractivity contribution in [2.75, 3.05) is 26.8 Å². The van der Waals surface area contributed by atoms with Gasteiger partial charge in [0, 0.05) is 12.6 Å². The first kappa shape index (κ1) is 19.7. The van der Waals surface area contributed by atoms with E-state index in [1.807, 2.05) is 12.1 Å². The third-order valence-electron chi connectivity index (χ3n) is 6.03. The molecule has 0 radical (unpaired) electrons. The van der Waals surface area contributed by atoms with Crippen molar-refractivity contribution in [1.29, 1.82) is 0 Å². The van der Waals surface area contributed by atoms with Gasteiger partial charge in [0.15, 0.2) is 6.04 Å². The van der Waals surface area contributed by atoms with Crippen LogP contribution in [-0.2, 0) is 11.3 Å². The molecule has 0 aliphatic carbocycles. The zero-order valence-electron chi connectivity index (χ0n) is 17.4. The number of hydrogen-bond donors (Lipinski definition) is 2. The van der Waals surface area contributed by atoms with Gasteiger partial charge in [-0.2, -0.15) is 0 Å². The van der Waals surface area contributed by atoms with Crippen LogP contribution in [0.15, 0.2) is 23.0 Å². The van der Waals surface area contributed by atoms with Crippen molar-refractivity contribution in [3.8, 4) is 0 Å². The van der Waals surface area contributed by atoms with Crippen molar-refractivity contribution < 1.29 is 9.64 Å². The molecular weight excluding hydrogens is 368 g/mol. The van der Waals surface area contributed by atoms with Crippen LogP contribution < -0.4 is 10.5 Å². The first-order chi connectivity index (χ1) is 14.1. The quantitative estimate of drug-likeness (QED) is 0.646. The number of methoxy groups -OCH3 is 1. The normalized spacial score (nSPS) is 16.4. The third-order valence-corrected chi connectivity index (χ3v) is 6.03. The fourth-order valence-electron chi connectivity index (χ4n) is 4.30. The van der Waals surface area contributed by atoms with E-state index in [1.54, 1.807) is 11.8 Å². The number of hydrogen-bond acceptors (Lipinski definition) is 5. The molecule has 1 aromatic carbocycles. The molecule has 0 amide bonds. The highest BCUT2D eigenvalue weighted by Crippen LogP contribution is 2.21. The fraction of sp³-hybridized carbons (Fsp3) is 0.524. The molecule has 154 valence electrons. The largest absolute Gasteiger partial charge is 0.383 e. The van der Waals surface area contributed by atoms with Crippen LogP contribution in [-0.4, -0.2) is 52.0 Å². The molecule has 1 aliphatic heterocycles. The lowest BCUT2D eigenvalue weighted by molar-refractivity contribution is -0.931. The number of ether oxygens (including phenoxy) is 1. The van der Waals surface area contributed by atoms with Gasteiger partial charge in [-0.1, -0.05) is 0 Å². The molecule has 2 aromatic heterocycles. The number of piperidine rings is 1. The van der Waals surface area contributed by atoms with E-state index >= 15 is 0 Å². The predicted octanol–water partition coefficient (Wildman–Crippen LogP) is 0.936. The number of likely N-dealkylation sites (tertiary alicyclic amines) is 1. The first-order valence-corrected chi connectivity index (χ1v) is 10.3. The summed E-state index contributed by atoms with van der Waals surface area (Å²) in [4.78, 5) is 17.6. The number of nitrogens with zero attached hydrogens (tertiary/aromatic N) is 4. The van der Waals surface area contributed by atoms with Gasteiger partial charge in [0.2, 0.25) is 5.82 Å². The predicted molar refractivity (Wildman–Crippen MR) is 110 cm³/mol. The van der Waals surface area contributed by atoms with Crippen molar-refractivity contribution >= 4 is 10.9 Å². The second-order valence-electron chi connectivity index (χ2n) is 7.98. The highest BCUT2D eigenvalue weighted by molar-refractivity contribution is 5.80. The van der Waals surface area contributed by atoms with Crippen LogP contribution in [0.3, 0.4) is 0 Å². The number of tetrazole rings is 1. The Morgan fingerprint density at radius 2 is 1.93 bits per heavy atom. The Labute approximate surface area is 169 Å². The van der Waals surface area contributed by atoms with Gasteiger partial charge >= 0.3 is 0 Å². The summed E-state index contributed by atoms with van der Waals surface area (Å²) < 4.78 is 6.99. The van der Waals surface area contributed by atoms with Crippen LogP contribution in [0.2, 0.25) is 0 Å². The minimum Gasteiger partial charge on any atom is -0.383 e. The van der Waals surface area contributed by atoms with E-state index in [-0.39, 0.29) is 11.6 Å². The molecule has 1 fully saturated rings. The monoisotopic (exact) mass is 397 g/mol. The van der Waals surface area contributed by atoms with Crippen molar-refractivity contribution in [3.05, 3.63) is 51.1 Å². The Balaban J connectivity index is 1.85. The zero-order chi connectivity index (χ0) is 20.4. The van der Waals surface area contributed by atoms with Crippen LogP contribution in [0, 0.1) is 13.8 Å². The van der Waals surface area contributed by atoms with Crippen LogP contribution in [0.25, 0.3) is 10.9 Å². The maximum Gasteiger partial charge on any atom is 0.258 e. The Morgan fingerprint density at radius 3 is 2.69 bits per heavy atom. The third kappa shape index (κ3) is 3.95. The molecule has 1 atom stereocenters. The SMILES string of the molecule is COCCn1nnnc1[C@H](c1cc2cc(C)c(C)cc2[nH]c1=O)[NH+]1CCCCC1. The van der Waals surface area contributed by atoms with E-state index in [9.17, 15) is 4.79 Å². The Bertz CT molecular complexity index is 1050. The van der Waals surface area contributed by atoms with Crippen molar-refractivity contribution in [3.63, 3.8) is 0 Å². The highest BCUT2D eigenvalue weighted by Gasteiger charge is 2.34. The minimum atomic E-state index is -0.197. The summed E-state index contributed by atoms with van der Waals surface area (Å²) in [5.41, 5.74) is 3.91. The van der Waals surface area contributed by atoms with E-state index in [1.165, 1.54) is 22.4 Å². The summed E-state index contributed by atoms with van der Waals surface area (Å²) in [5, 5.41) is 13.5. The van der Waals surface area contributed by atoms with Crippen LogP contribution in [0.4, 0.5) is 0 Å². The average molecular weight is 398 g/mol. The second kappa shape index (κ2) is 8.42. The zero-order valence-corrected chi connectivity index (χ0v) is 17.4. The molecule has 4 rings (SSSR count). The molecule has 1 saturated heterocycles. The summed E-state index contributed by atoms with van der Waals surface area (Å²) in [6.07, 6.45) is 3.53. The molecule has 0 bridgehead atoms. The second-order valence-corrected chi connectivity index (χ2v) is 7.98. The number of benzene rings is 1. The number of H-pyrrole nitrogens is 1. The van der Waals surface area contributed by atoms with Crippen LogP contribution >= 0.6 is 0 Å². The van der Waals surface area contributed by atoms with Gasteiger partial charge < -0.3 is 14.6 Å². The van der Waals surface area contributed by atoms with Crippen LogP contribution in [0.1, 0.15) is 47.8 Å². The van der Waals surface area contributed by atoms with E-state index in [4.69, 9.17) is 4.74 Å². The number of quaternary nitrogens is 1. The molecule has 3 aromatic rings. The molecule has 8 heteroatoms. The lowest BCUT2D eigenvalue weighted by atomic mass is 9.99. The smallest absolute Gasteiger partial charge is 0.258 e. The first-order valence-electron chi connectivity index (χ1n) is 10.3. The number of rotatable bonds is 6. The number of nitrogens with one attached hydrogen (secondary N) is 2. The fourth-order valence-corrected chi connectivity index (χ4v) is 4.30. The topological polar surface area (TPSA) is 90.1 Å². The molecule has 2 N–H and O–H groups in total. The van der Waals surface area contributed by atoms with Gasteiger partial charge in [-0.05, 0) is 78.2 Å². The molecule has 0 spiro atoms.